The molecule has 0 spiro atoms. The minimum atomic E-state index is -0.560. The maximum atomic E-state index is 11.0. The molecule has 1 atom stereocenters. The number of hydrogen-bond donors (Lipinski definition) is 0. The van der Waals surface area contributed by atoms with Gasteiger partial charge in [0.1, 0.15) is 5.38 Å². The Labute approximate surface area is 86.0 Å². The zero-order valence-corrected chi connectivity index (χ0v) is 8.14. The molecule has 1 unspecified atom stereocenters. The fourth-order valence-electron chi connectivity index (χ4n) is 1.30. The van der Waals surface area contributed by atoms with E-state index in [9.17, 15) is 4.79 Å². The molecule has 0 aromatic heterocycles. The van der Waals surface area contributed by atoms with Gasteiger partial charge in [-0.1, -0.05) is 41.9 Å². The molecule has 0 aliphatic heterocycles. The van der Waals surface area contributed by atoms with Crippen molar-refractivity contribution in [3.63, 3.8) is 0 Å². The highest BCUT2D eigenvalue weighted by molar-refractivity contribution is 6.60. The lowest BCUT2D eigenvalue weighted by molar-refractivity contribution is -0.114. The molecule has 1 nitrogen and oxygen atoms in total. The van der Waals surface area contributed by atoms with Gasteiger partial charge in [-0.2, -0.15) is 0 Å². The standard InChI is InChI=1S/C10H6Cl2O/c11-8-7(9(12)10(8)13)6-4-2-1-3-5-6/h1-5,8H. The lowest BCUT2D eigenvalue weighted by Crippen LogP contribution is -2.28. The normalized spacial score (nSPS) is 21.7. The van der Waals surface area contributed by atoms with Crippen LogP contribution in [0.4, 0.5) is 0 Å². The van der Waals surface area contributed by atoms with Crippen molar-refractivity contribution >= 4 is 34.6 Å². The summed E-state index contributed by atoms with van der Waals surface area (Å²) in [4.78, 5) is 11.0. The van der Waals surface area contributed by atoms with E-state index in [2.05, 4.69) is 0 Å². The Morgan fingerprint density at radius 3 is 2.31 bits per heavy atom. The van der Waals surface area contributed by atoms with E-state index in [0.717, 1.165) is 11.1 Å². The van der Waals surface area contributed by atoms with E-state index < -0.39 is 5.38 Å². The minimum absolute atomic E-state index is 0.179. The van der Waals surface area contributed by atoms with Crippen LogP contribution in [0.15, 0.2) is 35.4 Å². The summed E-state index contributed by atoms with van der Waals surface area (Å²) in [5.41, 5.74) is 1.67. The van der Waals surface area contributed by atoms with Crippen LogP contribution in [0, 0.1) is 0 Å². The summed E-state index contributed by atoms with van der Waals surface area (Å²) in [6.45, 7) is 0. The largest absolute Gasteiger partial charge is 0.291 e. The van der Waals surface area contributed by atoms with Gasteiger partial charge in [-0.05, 0) is 5.56 Å². The van der Waals surface area contributed by atoms with Crippen molar-refractivity contribution < 1.29 is 4.79 Å². The molecule has 0 saturated carbocycles. The number of carbonyl (C=O) groups excluding carboxylic acids is 1. The first kappa shape index (κ1) is 8.79. The van der Waals surface area contributed by atoms with Crippen LogP contribution in [-0.4, -0.2) is 11.2 Å². The minimum Gasteiger partial charge on any atom is -0.291 e. The van der Waals surface area contributed by atoms with Crippen LogP contribution < -0.4 is 0 Å². The molecule has 0 saturated heterocycles. The zero-order valence-electron chi connectivity index (χ0n) is 6.63. The Morgan fingerprint density at radius 2 is 1.77 bits per heavy atom. The van der Waals surface area contributed by atoms with E-state index in [4.69, 9.17) is 23.2 Å². The fourth-order valence-corrected chi connectivity index (χ4v) is 2.08. The smallest absolute Gasteiger partial charge is 0.196 e. The molecule has 1 aromatic carbocycles. The summed E-state index contributed by atoms with van der Waals surface area (Å²) in [7, 11) is 0. The van der Waals surface area contributed by atoms with Crippen LogP contribution in [0.25, 0.3) is 5.57 Å². The molecule has 0 N–H and O–H groups in total. The number of rotatable bonds is 1. The van der Waals surface area contributed by atoms with Crippen LogP contribution in [-0.2, 0) is 4.79 Å². The second-order valence-corrected chi connectivity index (χ2v) is 3.63. The van der Waals surface area contributed by atoms with Gasteiger partial charge in [0.2, 0.25) is 0 Å². The number of benzene rings is 1. The van der Waals surface area contributed by atoms with Crippen LogP contribution in [0.3, 0.4) is 0 Å². The first-order chi connectivity index (χ1) is 6.22. The predicted molar refractivity (Wildman–Crippen MR) is 53.9 cm³/mol. The maximum absolute atomic E-state index is 11.0. The SMILES string of the molecule is O=C1C(Cl)=C(c2ccccc2)C1Cl. The average molecular weight is 213 g/mol. The van der Waals surface area contributed by atoms with E-state index in [-0.39, 0.29) is 10.8 Å². The number of ketones is 1. The van der Waals surface area contributed by atoms with Crippen molar-refractivity contribution in [1.29, 1.82) is 0 Å². The van der Waals surface area contributed by atoms with Crippen LogP contribution in [0.5, 0.6) is 0 Å². The molecule has 0 fully saturated rings. The number of carbonyl (C=O) groups is 1. The Kier molecular flexibility index (Phi) is 2.14. The summed E-state index contributed by atoms with van der Waals surface area (Å²) in [6, 6.07) is 9.46. The lowest BCUT2D eigenvalue weighted by atomic mass is 9.90. The van der Waals surface area contributed by atoms with E-state index in [0.29, 0.717) is 0 Å². The van der Waals surface area contributed by atoms with Crippen LogP contribution in [0.1, 0.15) is 5.56 Å². The molecule has 0 amide bonds. The Morgan fingerprint density at radius 1 is 1.15 bits per heavy atom. The molecule has 66 valence electrons. The number of alkyl halides is 1. The third-order valence-corrected chi connectivity index (χ3v) is 2.83. The lowest BCUT2D eigenvalue weighted by Gasteiger charge is -2.23. The molecule has 1 aliphatic rings. The molecule has 0 bridgehead atoms. The number of hydrogen-bond acceptors (Lipinski definition) is 1. The van der Waals surface area contributed by atoms with Crippen molar-refractivity contribution in [2.45, 2.75) is 5.38 Å². The second-order valence-electron chi connectivity index (χ2n) is 2.82. The molecular weight excluding hydrogens is 207 g/mol. The third-order valence-electron chi connectivity index (χ3n) is 2.02. The van der Waals surface area contributed by atoms with Gasteiger partial charge in [-0.3, -0.25) is 4.79 Å². The predicted octanol–water partition coefficient (Wildman–Crippen LogP) is 2.83. The number of halogens is 2. The first-order valence-corrected chi connectivity index (χ1v) is 4.66. The van der Waals surface area contributed by atoms with Gasteiger partial charge in [-0.25, -0.2) is 0 Å². The summed E-state index contributed by atoms with van der Waals surface area (Å²) in [5.74, 6) is -0.179. The van der Waals surface area contributed by atoms with Crippen molar-refractivity contribution in [3.05, 3.63) is 40.9 Å². The van der Waals surface area contributed by atoms with Gasteiger partial charge in [0.05, 0.1) is 5.03 Å². The van der Waals surface area contributed by atoms with Gasteiger partial charge >= 0.3 is 0 Å². The quantitative estimate of drug-likeness (QED) is 0.655. The summed E-state index contributed by atoms with van der Waals surface area (Å²) in [5, 5.41) is -0.291. The van der Waals surface area contributed by atoms with Crippen LogP contribution >= 0.6 is 23.2 Å². The van der Waals surface area contributed by atoms with Gasteiger partial charge < -0.3 is 0 Å². The van der Waals surface area contributed by atoms with Crippen molar-refractivity contribution in [2.24, 2.45) is 0 Å². The molecule has 3 heteroatoms. The van der Waals surface area contributed by atoms with E-state index in [1.807, 2.05) is 30.3 Å². The van der Waals surface area contributed by atoms with Crippen molar-refractivity contribution in [3.8, 4) is 0 Å². The highest BCUT2D eigenvalue weighted by Gasteiger charge is 2.37. The first-order valence-electron chi connectivity index (χ1n) is 3.85. The van der Waals surface area contributed by atoms with Crippen LogP contribution in [0.2, 0.25) is 0 Å². The fraction of sp³-hybridized carbons (Fsp3) is 0.100. The summed E-state index contributed by atoms with van der Waals surface area (Å²) in [6.07, 6.45) is 0. The second kappa shape index (κ2) is 3.17. The van der Waals surface area contributed by atoms with Gasteiger partial charge in [0.25, 0.3) is 0 Å². The van der Waals surface area contributed by atoms with Crippen molar-refractivity contribution in [2.75, 3.05) is 0 Å². The summed E-state index contributed by atoms with van der Waals surface area (Å²) < 4.78 is 0. The molecule has 1 aromatic rings. The molecule has 13 heavy (non-hydrogen) atoms. The molecular formula is C10H6Cl2O. The highest BCUT2D eigenvalue weighted by Crippen LogP contribution is 2.39. The monoisotopic (exact) mass is 212 g/mol. The summed E-state index contributed by atoms with van der Waals surface area (Å²) >= 11 is 11.5. The number of allylic oxidation sites excluding steroid dienone is 2. The van der Waals surface area contributed by atoms with Gasteiger partial charge in [-0.15, -0.1) is 11.6 Å². The third kappa shape index (κ3) is 1.28. The van der Waals surface area contributed by atoms with Gasteiger partial charge in [0.15, 0.2) is 5.78 Å². The van der Waals surface area contributed by atoms with E-state index >= 15 is 0 Å². The van der Waals surface area contributed by atoms with E-state index in [1.165, 1.54) is 0 Å². The maximum Gasteiger partial charge on any atom is 0.196 e. The topological polar surface area (TPSA) is 17.1 Å². The molecule has 1 aliphatic carbocycles. The Bertz CT molecular complexity index is 381. The average Bonchev–Trinajstić information content (AvgIpc) is 2.19. The molecule has 2 rings (SSSR count). The Hall–Kier alpha value is -0.790. The van der Waals surface area contributed by atoms with Crippen molar-refractivity contribution in [1.82, 2.24) is 0 Å². The molecule has 0 radical (unpaired) electrons. The zero-order chi connectivity index (χ0) is 9.42. The highest BCUT2D eigenvalue weighted by atomic mass is 35.5. The van der Waals surface area contributed by atoms with Gasteiger partial charge in [0, 0.05) is 5.57 Å². The van der Waals surface area contributed by atoms with E-state index in [1.54, 1.807) is 0 Å². The molecule has 0 heterocycles. The Balaban J connectivity index is 2.45. The number of Topliss-reactive ketones (excluding diaryl/α,β-unsaturated/α-hetero) is 1.